The number of guanidine groups is 1. The second-order valence-corrected chi connectivity index (χ2v) is 6.00. The highest BCUT2D eigenvalue weighted by Crippen LogP contribution is 2.30. The van der Waals surface area contributed by atoms with Crippen LogP contribution in [0.3, 0.4) is 0 Å². The second kappa shape index (κ2) is 6.48. The predicted molar refractivity (Wildman–Crippen MR) is 86.0 cm³/mol. The van der Waals surface area contributed by atoms with E-state index in [0.717, 1.165) is 57.3 Å². The summed E-state index contributed by atoms with van der Waals surface area (Å²) in [7, 11) is 1.79. The van der Waals surface area contributed by atoms with Crippen molar-refractivity contribution in [1.29, 1.82) is 0 Å². The summed E-state index contributed by atoms with van der Waals surface area (Å²) in [6, 6.07) is 1.83. The lowest BCUT2D eigenvalue weighted by molar-refractivity contribution is -0.0283. The fraction of sp³-hybridized carbons (Fsp3) is 0.667. The van der Waals surface area contributed by atoms with Gasteiger partial charge in [0, 0.05) is 52.2 Å². The summed E-state index contributed by atoms with van der Waals surface area (Å²) in [5.41, 5.74) is -0.532. The van der Waals surface area contributed by atoms with Gasteiger partial charge in [-0.25, -0.2) is 9.97 Å². The van der Waals surface area contributed by atoms with Gasteiger partial charge in [-0.3, -0.25) is 4.99 Å². The number of nitrogens with zero attached hydrogens (tertiary/aromatic N) is 5. The number of aliphatic hydroxyl groups is 1. The number of anilines is 1. The summed E-state index contributed by atoms with van der Waals surface area (Å²) in [5.74, 6) is 1.66. The monoisotopic (exact) mass is 304 g/mol. The molecule has 0 amide bonds. The summed E-state index contributed by atoms with van der Waals surface area (Å²) in [6.45, 7) is 4.07. The van der Waals surface area contributed by atoms with Gasteiger partial charge in [0.15, 0.2) is 5.96 Å². The highest BCUT2D eigenvalue weighted by Gasteiger charge is 2.34. The predicted octanol–water partition coefficient (Wildman–Crippen LogP) is 0.0890. The third-order valence-electron chi connectivity index (χ3n) is 4.49. The molecule has 1 saturated heterocycles. The van der Waals surface area contributed by atoms with E-state index < -0.39 is 5.60 Å². The Morgan fingerprint density at radius 2 is 1.95 bits per heavy atom. The van der Waals surface area contributed by atoms with Crippen molar-refractivity contribution < 1.29 is 5.11 Å². The molecule has 0 unspecified atom stereocenters. The molecule has 7 heteroatoms. The number of aromatic nitrogens is 2. The van der Waals surface area contributed by atoms with E-state index in [1.807, 2.05) is 6.07 Å². The van der Waals surface area contributed by atoms with Gasteiger partial charge in [0.1, 0.15) is 0 Å². The Hall–Kier alpha value is -1.89. The SMILES string of the molecule is CN=C(NCC1(O)CCC1)N1CCN(c2ncccn2)CC1. The maximum Gasteiger partial charge on any atom is 0.225 e. The lowest BCUT2D eigenvalue weighted by Crippen LogP contribution is -2.56. The van der Waals surface area contributed by atoms with Crippen molar-refractivity contribution in [2.75, 3.05) is 44.7 Å². The first-order valence-corrected chi connectivity index (χ1v) is 7.90. The number of aliphatic imine (C=N–C) groups is 1. The zero-order valence-electron chi connectivity index (χ0n) is 13.1. The molecule has 7 nitrogen and oxygen atoms in total. The summed E-state index contributed by atoms with van der Waals surface area (Å²) in [4.78, 5) is 17.3. The van der Waals surface area contributed by atoms with Crippen LogP contribution in [0.5, 0.6) is 0 Å². The van der Waals surface area contributed by atoms with Crippen LogP contribution < -0.4 is 10.2 Å². The van der Waals surface area contributed by atoms with Crippen molar-refractivity contribution in [3.05, 3.63) is 18.5 Å². The molecule has 0 atom stereocenters. The quantitative estimate of drug-likeness (QED) is 0.609. The average molecular weight is 304 g/mol. The fourth-order valence-electron chi connectivity index (χ4n) is 2.91. The molecule has 0 bridgehead atoms. The summed E-state index contributed by atoms with van der Waals surface area (Å²) in [5, 5.41) is 13.5. The van der Waals surface area contributed by atoms with Gasteiger partial charge in [0.2, 0.25) is 5.95 Å². The van der Waals surface area contributed by atoms with Crippen LogP contribution in [0.1, 0.15) is 19.3 Å². The zero-order chi connectivity index (χ0) is 15.4. The molecule has 3 rings (SSSR count). The minimum atomic E-state index is -0.532. The second-order valence-electron chi connectivity index (χ2n) is 6.00. The number of hydrogen-bond acceptors (Lipinski definition) is 5. The largest absolute Gasteiger partial charge is 0.388 e. The van der Waals surface area contributed by atoms with Gasteiger partial charge < -0.3 is 20.2 Å². The third-order valence-corrected chi connectivity index (χ3v) is 4.49. The summed E-state index contributed by atoms with van der Waals surface area (Å²) >= 11 is 0. The molecule has 1 aromatic rings. The number of nitrogens with one attached hydrogen (secondary N) is 1. The van der Waals surface area contributed by atoms with Crippen molar-refractivity contribution in [3.63, 3.8) is 0 Å². The van der Waals surface area contributed by atoms with E-state index in [2.05, 4.69) is 30.1 Å². The molecule has 2 heterocycles. The van der Waals surface area contributed by atoms with E-state index in [-0.39, 0.29) is 0 Å². The van der Waals surface area contributed by atoms with Crippen LogP contribution in [-0.4, -0.2) is 71.3 Å². The van der Waals surface area contributed by atoms with Crippen molar-refractivity contribution in [2.24, 2.45) is 4.99 Å². The van der Waals surface area contributed by atoms with Crippen LogP contribution in [0.2, 0.25) is 0 Å². The summed E-state index contributed by atoms with van der Waals surface area (Å²) < 4.78 is 0. The highest BCUT2D eigenvalue weighted by atomic mass is 16.3. The highest BCUT2D eigenvalue weighted by molar-refractivity contribution is 5.80. The lowest BCUT2D eigenvalue weighted by Gasteiger charge is -2.40. The smallest absolute Gasteiger partial charge is 0.225 e. The average Bonchev–Trinajstić information content (AvgIpc) is 2.55. The number of hydrogen-bond donors (Lipinski definition) is 2. The fourth-order valence-corrected chi connectivity index (χ4v) is 2.91. The van der Waals surface area contributed by atoms with E-state index in [4.69, 9.17) is 0 Å². The molecular formula is C15H24N6O. The molecule has 2 aliphatic rings. The standard InChI is InChI=1S/C15H24N6O/c1-16-13(19-12-15(22)4-2-5-15)20-8-10-21(11-9-20)14-17-6-3-7-18-14/h3,6-7,22H,2,4-5,8-12H2,1H3,(H,16,19). The van der Waals surface area contributed by atoms with E-state index in [1.165, 1.54) is 0 Å². The molecule has 0 radical (unpaired) electrons. The normalized spacial score (nSPS) is 21.5. The van der Waals surface area contributed by atoms with Crippen LogP contribution in [0.4, 0.5) is 5.95 Å². The minimum absolute atomic E-state index is 0.532. The third kappa shape index (κ3) is 3.30. The molecule has 0 spiro atoms. The Bertz CT molecular complexity index is 508. The molecule has 2 fully saturated rings. The van der Waals surface area contributed by atoms with Gasteiger partial charge in [-0.05, 0) is 25.3 Å². The van der Waals surface area contributed by atoms with Crippen LogP contribution in [-0.2, 0) is 0 Å². The molecule has 1 aliphatic heterocycles. The molecule has 22 heavy (non-hydrogen) atoms. The minimum Gasteiger partial charge on any atom is -0.388 e. The van der Waals surface area contributed by atoms with Crippen molar-refractivity contribution in [2.45, 2.75) is 24.9 Å². The molecule has 0 aromatic carbocycles. The van der Waals surface area contributed by atoms with E-state index in [1.54, 1.807) is 19.4 Å². The van der Waals surface area contributed by atoms with Crippen molar-refractivity contribution >= 4 is 11.9 Å². The number of piperazine rings is 1. The van der Waals surface area contributed by atoms with Crippen LogP contribution in [0.25, 0.3) is 0 Å². The Morgan fingerprint density at radius 3 is 2.50 bits per heavy atom. The first-order chi connectivity index (χ1) is 10.7. The maximum absolute atomic E-state index is 10.2. The van der Waals surface area contributed by atoms with Crippen LogP contribution >= 0.6 is 0 Å². The molecule has 1 aromatic heterocycles. The first-order valence-electron chi connectivity index (χ1n) is 7.90. The number of rotatable bonds is 3. The molecule has 2 N–H and O–H groups in total. The van der Waals surface area contributed by atoms with E-state index >= 15 is 0 Å². The van der Waals surface area contributed by atoms with Crippen molar-refractivity contribution in [3.8, 4) is 0 Å². The molecular weight excluding hydrogens is 280 g/mol. The van der Waals surface area contributed by atoms with Gasteiger partial charge in [0.25, 0.3) is 0 Å². The molecule has 1 aliphatic carbocycles. The van der Waals surface area contributed by atoms with Crippen LogP contribution in [0.15, 0.2) is 23.5 Å². The van der Waals surface area contributed by atoms with Gasteiger partial charge in [-0.15, -0.1) is 0 Å². The van der Waals surface area contributed by atoms with Gasteiger partial charge >= 0.3 is 0 Å². The maximum atomic E-state index is 10.2. The Labute approximate surface area is 131 Å². The first kappa shape index (κ1) is 15.0. The topological polar surface area (TPSA) is 76.9 Å². The van der Waals surface area contributed by atoms with E-state index in [9.17, 15) is 5.11 Å². The van der Waals surface area contributed by atoms with Crippen LogP contribution in [0, 0.1) is 0 Å². The van der Waals surface area contributed by atoms with Crippen molar-refractivity contribution in [1.82, 2.24) is 20.2 Å². The Kier molecular flexibility index (Phi) is 4.42. The lowest BCUT2D eigenvalue weighted by atomic mass is 9.80. The van der Waals surface area contributed by atoms with Gasteiger partial charge in [0.05, 0.1) is 5.60 Å². The Balaban J connectivity index is 1.51. The molecule has 1 saturated carbocycles. The zero-order valence-corrected chi connectivity index (χ0v) is 13.1. The molecule has 120 valence electrons. The van der Waals surface area contributed by atoms with Gasteiger partial charge in [-0.2, -0.15) is 0 Å². The van der Waals surface area contributed by atoms with Gasteiger partial charge in [-0.1, -0.05) is 0 Å². The van der Waals surface area contributed by atoms with E-state index in [0.29, 0.717) is 6.54 Å². The summed E-state index contributed by atoms with van der Waals surface area (Å²) in [6.07, 6.45) is 6.43. The Morgan fingerprint density at radius 1 is 1.27 bits per heavy atom.